The van der Waals surface area contributed by atoms with E-state index in [2.05, 4.69) is 10.0 Å². The Labute approximate surface area is 154 Å². The molecule has 0 aliphatic carbocycles. The summed E-state index contributed by atoms with van der Waals surface area (Å²) in [5.41, 5.74) is 0.494. The summed E-state index contributed by atoms with van der Waals surface area (Å²) in [5, 5.41) is 2.44. The number of hydrogen-bond acceptors (Lipinski definition) is 3. The van der Waals surface area contributed by atoms with Gasteiger partial charge in [-0.05, 0) is 60.7 Å². The van der Waals surface area contributed by atoms with Gasteiger partial charge in [-0.3, -0.25) is 9.52 Å². The van der Waals surface area contributed by atoms with Crippen molar-refractivity contribution in [1.82, 2.24) is 0 Å². The van der Waals surface area contributed by atoms with E-state index in [0.29, 0.717) is 0 Å². The van der Waals surface area contributed by atoms with E-state index in [-0.39, 0.29) is 21.8 Å². The number of carbonyl (C=O) groups is 1. The molecule has 0 aromatic heterocycles. The molecule has 5 nitrogen and oxygen atoms in total. The second-order valence-electron chi connectivity index (χ2n) is 5.57. The molecule has 0 saturated heterocycles. The lowest BCUT2D eigenvalue weighted by atomic mass is 10.2. The molecule has 2 N–H and O–H groups in total. The zero-order valence-electron chi connectivity index (χ0n) is 13.8. The summed E-state index contributed by atoms with van der Waals surface area (Å²) < 4.78 is 53.4. The Kier molecular flexibility index (Phi) is 5.18. The lowest BCUT2D eigenvalue weighted by molar-refractivity contribution is 0.102. The van der Waals surface area contributed by atoms with Crippen molar-refractivity contribution in [2.24, 2.45) is 0 Å². The first-order valence-corrected chi connectivity index (χ1v) is 9.28. The summed E-state index contributed by atoms with van der Waals surface area (Å²) in [6, 6.07) is 15.7. The Bertz CT molecular complexity index is 1070. The minimum absolute atomic E-state index is 0.0450. The van der Waals surface area contributed by atoms with Crippen LogP contribution in [0.3, 0.4) is 0 Å². The molecule has 0 fully saturated rings. The first-order valence-electron chi connectivity index (χ1n) is 7.79. The summed E-state index contributed by atoms with van der Waals surface area (Å²) >= 11 is 0. The highest BCUT2D eigenvalue weighted by Crippen LogP contribution is 2.18. The van der Waals surface area contributed by atoms with Gasteiger partial charge in [-0.25, -0.2) is 17.2 Å². The van der Waals surface area contributed by atoms with Gasteiger partial charge in [0.1, 0.15) is 11.6 Å². The lowest BCUT2D eigenvalue weighted by Gasteiger charge is -2.09. The summed E-state index contributed by atoms with van der Waals surface area (Å²) in [7, 11) is -3.88. The molecule has 8 heteroatoms. The fourth-order valence-corrected chi connectivity index (χ4v) is 3.33. The molecule has 0 atom stereocenters. The van der Waals surface area contributed by atoms with Crippen LogP contribution in [0.5, 0.6) is 0 Å². The number of para-hydroxylation sites is 1. The highest BCUT2D eigenvalue weighted by Gasteiger charge is 2.15. The smallest absolute Gasteiger partial charge is 0.261 e. The predicted molar refractivity (Wildman–Crippen MR) is 98.0 cm³/mol. The van der Waals surface area contributed by atoms with Gasteiger partial charge in [0.15, 0.2) is 0 Å². The molecule has 0 spiro atoms. The van der Waals surface area contributed by atoms with Crippen LogP contribution in [0.25, 0.3) is 0 Å². The van der Waals surface area contributed by atoms with E-state index in [1.165, 1.54) is 42.5 Å². The maximum Gasteiger partial charge on any atom is 0.261 e. The minimum Gasteiger partial charge on any atom is -0.319 e. The molecule has 0 heterocycles. The number of hydrogen-bond donors (Lipinski definition) is 2. The van der Waals surface area contributed by atoms with Crippen LogP contribution >= 0.6 is 0 Å². The molecule has 0 bridgehead atoms. The number of carbonyl (C=O) groups excluding carboxylic acids is 1. The van der Waals surface area contributed by atoms with Crippen molar-refractivity contribution in [3.8, 4) is 0 Å². The number of benzene rings is 3. The molecule has 0 aliphatic heterocycles. The molecule has 0 aliphatic rings. The first-order chi connectivity index (χ1) is 12.8. The highest BCUT2D eigenvalue weighted by atomic mass is 32.2. The van der Waals surface area contributed by atoms with Gasteiger partial charge < -0.3 is 5.32 Å². The number of nitrogens with one attached hydrogen (secondary N) is 2. The number of anilines is 2. The molecule has 3 rings (SSSR count). The van der Waals surface area contributed by atoms with Gasteiger partial charge >= 0.3 is 0 Å². The summed E-state index contributed by atoms with van der Waals surface area (Å²) in [6.07, 6.45) is 0. The van der Waals surface area contributed by atoms with Gasteiger partial charge in [0.25, 0.3) is 15.9 Å². The van der Waals surface area contributed by atoms with Crippen molar-refractivity contribution in [2.75, 3.05) is 10.0 Å². The van der Waals surface area contributed by atoms with Gasteiger partial charge in [0, 0.05) is 11.3 Å². The van der Waals surface area contributed by atoms with Crippen LogP contribution < -0.4 is 10.0 Å². The Balaban J connectivity index is 1.72. The van der Waals surface area contributed by atoms with Gasteiger partial charge in [0.05, 0.1) is 10.6 Å². The maximum absolute atomic E-state index is 13.6. The molecule has 0 unspecified atom stereocenters. The average molecular weight is 388 g/mol. The van der Waals surface area contributed by atoms with E-state index in [4.69, 9.17) is 0 Å². The van der Waals surface area contributed by atoms with Crippen LogP contribution in [0.4, 0.5) is 20.2 Å². The Morgan fingerprint density at radius 3 is 2.07 bits per heavy atom. The van der Waals surface area contributed by atoms with E-state index in [0.717, 1.165) is 24.3 Å². The van der Waals surface area contributed by atoms with Gasteiger partial charge in [-0.15, -0.1) is 0 Å². The third kappa shape index (κ3) is 4.48. The second-order valence-corrected chi connectivity index (χ2v) is 7.25. The fraction of sp³-hybridized carbons (Fsp3) is 0. The zero-order chi connectivity index (χ0) is 19.4. The van der Waals surface area contributed by atoms with E-state index >= 15 is 0 Å². The van der Waals surface area contributed by atoms with Crippen LogP contribution in [0.2, 0.25) is 0 Å². The summed E-state index contributed by atoms with van der Waals surface area (Å²) in [4.78, 5) is 12.1. The second kappa shape index (κ2) is 7.55. The molecule has 0 radical (unpaired) electrons. The molecular formula is C19H14F2N2O3S. The first kappa shape index (κ1) is 18.5. The van der Waals surface area contributed by atoms with Crippen molar-refractivity contribution in [2.45, 2.75) is 4.90 Å². The molecule has 1 amide bonds. The van der Waals surface area contributed by atoms with Crippen LogP contribution in [0, 0.1) is 11.6 Å². The van der Waals surface area contributed by atoms with E-state index in [1.807, 2.05) is 0 Å². The van der Waals surface area contributed by atoms with E-state index in [1.54, 1.807) is 6.07 Å². The normalized spacial score (nSPS) is 11.0. The van der Waals surface area contributed by atoms with Crippen molar-refractivity contribution >= 4 is 27.3 Å². The van der Waals surface area contributed by atoms with Crippen molar-refractivity contribution in [3.63, 3.8) is 0 Å². The third-order valence-corrected chi connectivity index (χ3v) is 5.04. The lowest BCUT2D eigenvalue weighted by Crippen LogP contribution is -2.14. The zero-order valence-corrected chi connectivity index (χ0v) is 14.6. The van der Waals surface area contributed by atoms with Crippen LogP contribution in [-0.4, -0.2) is 14.3 Å². The van der Waals surface area contributed by atoms with Crippen LogP contribution in [0.15, 0.2) is 77.7 Å². The Hall–Kier alpha value is -3.26. The van der Waals surface area contributed by atoms with Gasteiger partial charge in [-0.2, -0.15) is 0 Å². The number of halogens is 2. The Morgan fingerprint density at radius 1 is 0.815 bits per heavy atom. The quantitative estimate of drug-likeness (QED) is 0.693. The molecule has 0 saturated carbocycles. The topological polar surface area (TPSA) is 75.3 Å². The minimum atomic E-state index is -3.88. The number of amides is 1. The fourth-order valence-electron chi connectivity index (χ4n) is 2.27. The van der Waals surface area contributed by atoms with Crippen LogP contribution in [-0.2, 0) is 10.0 Å². The highest BCUT2D eigenvalue weighted by molar-refractivity contribution is 7.92. The van der Waals surface area contributed by atoms with Crippen LogP contribution in [0.1, 0.15) is 10.4 Å². The molecule has 3 aromatic carbocycles. The summed E-state index contributed by atoms with van der Waals surface area (Å²) in [5.74, 6) is -1.64. The average Bonchev–Trinajstić information content (AvgIpc) is 2.64. The molecular weight excluding hydrogens is 374 g/mol. The summed E-state index contributed by atoms with van der Waals surface area (Å²) in [6.45, 7) is 0. The molecule has 3 aromatic rings. The van der Waals surface area contributed by atoms with Gasteiger partial charge in [-0.1, -0.05) is 12.1 Å². The Morgan fingerprint density at radius 2 is 1.44 bits per heavy atom. The van der Waals surface area contributed by atoms with E-state index < -0.39 is 27.6 Å². The standard InChI is InChI=1S/C19H14F2N2O3S/c20-14-7-11-16(12-8-14)27(25,26)23-15-9-5-13(6-10-15)19(24)22-18-4-2-1-3-17(18)21/h1-12,23H,(H,22,24). The third-order valence-electron chi connectivity index (χ3n) is 3.65. The van der Waals surface area contributed by atoms with Crippen molar-refractivity contribution in [3.05, 3.63) is 90.0 Å². The van der Waals surface area contributed by atoms with Crippen molar-refractivity contribution in [1.29, 1.82) is 0 Å². The number of rotatable bonds is 5. The SMILES string of the molecule is O=C(Nc1ccccc1F)c1ccc(NS(=O)(=O)c2ccc(F)cc2)cc1. The predicted octanol–water partition coefficient (Wildman–Crippen LogP) is 4.02. The van der Waals surface area contributed by atoms with Gasteiger partial charge in [0.2, 0.25) is 0 Å². The monoisotopic (exact) mass is 388 g/mol. The van der Waals surface area contributed by atoms with E-state index in [9.17, 15) is 22.0 Å². The molecule has 138 valence electrons. The number of sulfonamides is 1. The van der Waals surface area contributed by atoms with Crippen molar-refractivity contribution < 1.29 is 22.0 Å². The largest absolute Gasteiger partial charge is 0.319 e. The maximum atomic E-state index is 13.6. The molecule has 27 heavy (non-hydrogen) atoms.